The van der Waals surface area contributed by atoms with Crippen LogP contribution in [-0.4, -0.2) is 43.4 Å². The Bertz CT molecular complexity index is 1100. The minimum atomic E-state index is -1.96. The summed E-state index contributed by atoms with van der Waals surface area (Å²) in [6.07, 6.45) is -2.27. The van der Waals surface area contributed by atoms with Gasteiger partial charge in [0.2, 0.25) is 0 Å². The Kier molecular flexibility index (Phi) is 4.15. The predicted octanol–water partition coefficient (Wildman–Crippen LogP) is 1.81. The molecule has 2 atom stereocenters. The molecule has 0 aliphatic heterocycles. The first-order chi connectivity index (χ1) is 13.6. The summed E-state index contributed by atoms with van der Waals surface area (Å²) in [5.41, 5.74) is -2.76. The van der Waals surface area contributed by atoms with Gasteiger partial charge in [-0.05, 0) is 0 Å². The van der Waals surface area contributed by atoms with E-state index in [1.807, 2.05) is 0 Å². The van der Waals surface area contributed by atoms with E-state index in [2.05, 4.69) is 0 Å². The Morgan fingerprint density at radius 1 is 1.03 bits per heavy atom. The van der Waals surface area contributed by atoms with Gasteiger partial charge in [-0.1, -0.05) is 38.1 Å². The first-order valence-corrected chi connectivity index (χ1v) is 9.32. The van der Waals surface area contributed by atoms with Crippen molar-refractivity contribution in [2.75, 3.05) is 0 Å². The molecule has 0 aromatic heterocycles. The molecule has 0 spiro atoms. The average molecular weight is 396 g/mol. The van der Waals surface area contributed by atoms with Crippen molar-refractivity contribution in [3.05, 3.63) is 57.6 Å². The second kappa shape index (κ2) is 6.23. The van der Waals surface area contributed by atoms with Gasteiger partial charge in [0.25, 0.3) is 0 Å². The van der Waals surface area contributed by atoms with E-state index < -0.39 is 46.5 Å². The number of ketones is 3. The lowest BCUT2D eigenvalue weighted by molar-refractivity contribution is -0.145. The molecular formula is C22H20O7. The summed E-state index contributed by atoms with van der Waals surface area (Å²) in [6.45, 7) is 3.21. The minimum absolute atomic E-state index is 0.0875. The SMILES string of the molecule is CC(C)C(=O)[C@]1(O)Cc2c(O)c3c(c(O)c2[C@@H](O)C1)C(=O)c1ccccc1C3=O. The predicted molar refractivity (Wildman–Crippen MR) is 101 cm³/mol. The summed E-state index contributed by atoms with van der Waals surface area (Å²) in [6, 6.07) is 6.05. The number of aliphatic hydroxyl groups excluding tert-OH is 1. The van der Waals surface area contributed by atoms with Gasteiger partial charge in [-0.2, -0.15) is 0 Å². The number of carbonyl (C=O) groups excluding carboxylic acids is 3. The van der Waals surface area contributed by atoms with Crippen LogP contribution in [0.3, 0.4) is 0 Å². The molecule has 0 heterocycles. The number of hydrogen-bond acceptors (Lipinski definition) is 7. The van der Waals surface area contributed by atoms with Crippen LogP contribution in [0.25, 0.3) is 0 Å². The quantitative estimate of drug-likeness (QED) is 0.486. The number of hydrogen-bond donors (Lipinski definition) is 4. The molecule has 2 aliphatic carbocycles. The third kappa shape index (κ3) is 2.54. The zero-order valence-corrected chi connectivity index (χ0v) is 15.9. The topological polar surface area (TPSA) is 132 Å². The van der Waals surface area contributed by atoms with Crippen molar-refractivity contribution >= 4 is 17.3 Å². The Balaban J connectivity index is 1.98. The molecule has 0 amide bonds. The smallest absolute Gasteiger partial charge is 0.198 e. The highest BCUT2D eigenvalue weighted by molar-refractivity contribution is 6.30. The van der Waals surface area contributed by atoms with Crippen LogP contribution < -0.4 is 0 Å². The molecule has 0 radical (unpaired) electrons. The summed E-state index contributed by atoms with van der Waals surface area (Å²) in [5.74, 6) is -3.55. The normalized spacial score (nSPS) is 22.9. The van der Waals surface area contributed by atoms with E-state index >= 15 is 0 Å². The summed E-state index contributed by atoms with van der Waals surface area (Å²) in [4.78, 5) is 38.4. The number of aliphatic hydroxyl groups is 2. The zero-order chi connectivity index (χ0) is 21.2. The summed E-state index contributed by atoms with van der Waals surface area (Å²) >= 11 is 0. The first-order valence-electron chi connectivity index (χ1n) is 9.32. The third-order valence-corrected chi connectivity index (χ3v) is 5.78. The first kappa shape index (κ1) is 19.3. The number of aromatic hydroxyl groups is 2. The maximum absolute atomic E-state index is 13.0. The molecule has 4 N–H and O–H groups in total. The van der Waals surface area contributed by atoms with Crippen molar-refractivity contribution in [1.82, 2.24) is 0 Å². The lowest BCUT2D eigenvalue weighted by atomic mass is 9.70. The second-order valence-electron chi connectivity index (χ2n) is 7.99. The molecule has 2 aliphatic rings. The highest BCUT2D eigenvalue weighted by Crippen LogP contribution is 2.50. The molecule has 4 rings (SSSR count). The highest BCUT2D eigenvalue weighted by Gasteiger charge is 2.48. The largest absolute Gasteiger partial charge is 0.507 e. The van der Waals surface area contributed by atoms with E-state index in [9.17, 15) is 34.8 Å². The summed E-state index contributed by atoms with van der Waals surface area (Å²) in [7, 11) is 0. The van der Waals surface area contributed by atoms with Gasteiger partial charge in [-0.3, -0.25) is 14.4 Å². The van der Waals surface area contributed by atoms with E-state index in [1.165, 1.54) is 12.1 Å². The Labute approximate surface area is 166 Å². The molecular weight excluding hydrogens is 376 g/mol. The van der Waals surface area contributed by atoms with E-state index in [0.29, 0.717) is 0 Å². The molecule has 7 heteroatoms. The summed E-state index contributed by atoms with van der Waals surface area (Å²) in [5, 5.41) is 43.1. The Morgan fingerprint density at radius 2 is 1.55 bits per heavy atom. The number of rotatable bonds is 2. The zero-order valence-electron chi connectivity index (χ0n) is 15.9. The monoisotopic (exact) mass is 396 g/mol. The van der Waals surface area contributed by atoms with Crippen LogP contribution in [-0.2, 0) is 11.2 Å². The van der Waals surface area contributed by atoms with Crippen molar-refractivity contribution in [3.8, 4) is 11.5 Å². The van der Waals surface area contributed by atoms with Gasteiger partial charge in [0, 0.05) is 41.0 Å². The lowest BCUT2D eigenvalue weighted by Gasteiger charge is -2.37. The maximum atomic E-state index is 13.0. The Hall–Kier alpha value is -3.03. The number of phenolic OH excluding ortho intramolecular Hbond substituents is 2. The average Bonchev–Trinajstić information content (AvgIpc) is 2.67. The van der Waals surface area contributed by atoms with Crippen LogP contribution in [0.5, 0.6) is 11.5 Å². The molecule has 0 saturated heterocycles. The van der Waals surface area contributed by atoms with E-state index in [4.69, 9.17) is 0 Å². The molecule has 2 aromatic rings. The van der Waals surface area contributed by atoms with Crippen LogP contribution in [0.2, 0.25) is 0 Å². The molecule has 0 fully saturated rings. The maximum Gasteiger partial charge on any atom is 0.198 e. The van der Waals surface area contributed by atoms with Crippen molar-refractivity contribution < 1.29 is 34.8 Å². The molecule has 0 saturated carbocycles. The van der Waals surface area contributed by atoms with Gasteiger partial charge in [0.1, 0.15) is 17.1 Å². The highest BCUT2D eigenvalue weighted by atomic mass is 16.3. The molecule has 7 nitrogen and oxygen atoms in total. The number of carbonyl (C=O) groups is 3. The van der Waals surface area contributed by atoms with Gasteiger partial charge >= 0.3 is 0 Å². The van der Waals surface area contributed by atoms with Crippen LogP contribution in [0.15, 0.2) is 24.3 Å². The van der Waals surface area contributed by atoms with Gasteiger partial charge in [0.05, 0.1) is 17.2 Å². The van der Waals surface area contributed by atoms with Gasteiger partial charge < -0.3 is 20.4 Å². The van der Waals surface area contributed by atoms with Crippen LogP contribution in [0.4, 0.5) is 0 Å². The fourth-order valence-electron chi connectivity index (χ4n) is 4.43. The number of benzene rings is 2. The fourth-order valence-corrected chi connectivity index (χ4v) is 4.43. The van der Waals surface area contributed by atoms with Crippen molar-refractivity contribution in [3.63, 3.8) is 0 Å². The van der Waals surface area contributed by atoms with Crippen LogP contribution in [0.1, 0.15) is 69.3 Å². The van der Waals surface area contributed by atoms with E-state index in [0.717, 1.165) is 0 Å². The number of phenols is 2. The second-order valence-corrected chi connectivity index (χ2v) is 7.99. The fraction of sp³-hybridized carbons (Fsp3) is 0.318. The standard InChI is InChI=1S/C22H20O7/c1-9(2)21(28)22(29)7-12-14(13(23)8-22)20(27)16-15(19(12)26)17(24)10-5-3-4-6-11(10)18(16)25/h3-6,9,13,23,26-27,29H,7-8H2,1-2H3/t13-,22-/m0/s1. The number of fused-ring (bicyclic) bond motifs is 3. The molecule has 150 valence electrons. The lowest BCUT2D eigenvalue weighted by Crippen LogP contribution is -2.47. The minimum Gasteiger partial charge on any atom is -0.507 e. The van der Waals surface area contributed by atoms with Crippen molar-refractivity contribution in [2.45, 2.75) is 38.4 Å². The van der Waals surface area contributed by atoms with Crippen LogP contribution in [0, 0.1) is 5.92 Å². The Morgan fingerprint density at radius 3 is 2.07 bits per heavy atom. The molecule has 0 unspecified atom stereocenters. The number of Topliss-reactive ketones (excluding diaryl/α,β-unsaturated/α-hetero) is 1. The van der Waals surface area contributed by atoms with Crippen molar-refractivity contribution in [2.24, 2.45) is 5.92 Å². The molecule has 29 heavy (non-hydrogen) atoms. The van der Waals surface area contributed by atoms with Crippen LogP contribution >= 0.6 is 0 Å². The molecule has 0 bridgehead atoms. The van der Waals surface area contributed by atoms with Gasteiger partial charge in [-0.25, -0.2) is 0 Å². The summed E-state index contributed by atoms with van der Waals surface area (Å²) < 4.78 is 0. The van der Waals surface area contributed by atoms with Gasteiger partial charge in [0.15, 0.2) is 17.3 Å². The van der Waals surface area contributed by atoms with E-state index in [-0.39, 0.29) is 46.2 Å². The van der Waals surface area contributed by atoms with E-state index in [1.54, 1.807) is 26.0 Å². The third-order valence-electron chi connectivity index (χ3n) is 5.78. The van der Waals surface area contributed by atoms with Gasteiger partial charge in [-0.15, -0.1) is 0 Å². The van der Waals surface area contributed by atoms with Crippen molar-refractivity contribution in [1.29, 1.82) is 0 Å². The molecule has 2 aromatic carbocycles.